The average Bonchev–Trinajstić information content (AvgIpc) is 3.05. The lowest BCUT2D eigenvalue weighted by atomic mass is 9.93. The zero-order chi connectivity index (χ0) is 14.9. The van der Waals surface area contributed by atoms with Gasteiger partial charge in [-0.2, -0.15) is 5.10 Å². The van der Waals surface area contributed by atoms with E-state index in [0.29, 0.717) is 0 Å². The van der Waals surface area contributed by atoms with Crippen LogP contribution in [0.4, 0.5) is 5.13 Å². The van der Waals surface area contributed by atoms with Crippen molar-refractivity contribution in [1.29, 1.82) is 0 Å². The number of ether oxygens (including phenoxy) is 2. The van der Waals surface area contributed by atoms with Crippen LogP contribution in [-0.2, 0) is 5.41 Å². The molecule has 0 radical (unpaired) electrons. The quantitative estimate of drug-likeness (QED) is 0.695. The second-order valence-electron chi connectivity index (χ2n) is 5.77. The minimum atomic E-state index is 0.0530. The van der Waals surface area contributed by atoms with Crippen molar-refractivity contribution in [3.8, 4) is 11.5 Å². The van der Waals surface area contributed by atoms with Crippen molar-refractivity contribution in [1.82, 2.24) is 4.98 Å². The van der Waals surface area contributed by atoms with Crippen molar-refractivity contribution in [2.75, 3.05) is 12.2 Å². The van der Waals surface area contributed by atoms with Crippen LogP contribution in [0.5, 0.6) is 11.5 Å². The Balaban J connectivity index is 1.66. The zero-order valence-corrected chi connectivity index (χ0v) is 13.0. The molecule has 0 amide bonds. The van der Waals surface area contributed by atoms with E-state index in [4.69, 9.17) is 9.47 Å². The summed E-state index contributed by atoms with van der Waals surface area (Å²) in [6.07, 6.45) is 1.74. The van der Waals surface area contributed by atoms with Gasteiger partial charge in [0.1, 0.15) is 0 Å². The van der Waals surface area contributed by atoms with E-state index in [-0.39, 0.29) is 12.2 Å². The van der Waals surface area contributed by atoms with Gasteiger partial charge in [-0.05, 0) is 23.8 Å². The van der Waals surface area contributed by atoms with E-state index in [1.54, 1.807) is 17.6 Å². The Morgan fingerprint density at radius 2 is 2.10 bits per heavy atom. The third-order valence-electron chi connectivity index (χ3n) is 3.04. The molecular weight excluding hydrogens is 286 g/mol. The molecule has 6 heteroatoms. The lowest BCUT2D eigenvalue weighted by molar-refractivity contribution is 0.174. The molecule has 1 aliphatic heterocycles. The molecule has 2 heterocycles. The van der Waals surface area contributed by atoms with E-state index in [1.165, 1.54) is 0 Å². The molecule has 0 saturated heterocycles. The summed E-state index contributed by atoms with van der Waals surface area (Å²) in [4.78, 5) is 4.52. The van der Waals surface area contributed by atoms with Gasteiger partial charge >= 0.3 is 0 Å². The molecule has 0 bridgehead atoms. The SMILES string of the molecule is CC(C)(C)c1csc(N/N=C/c2ccc3c(c2)OCO3)n1. The van der Waals surface area contributed by atoms with Crippen LogP contribution >= 0.6 is 11.3 Å². The van der Waals surface area contributed by atoms with Crippen LogP contribution < -0.4 is 14.9 Å². The van der Waals surface area contributed by atoms with Crippen molar-refractivity contribution in [2.45, 2.75) is 26.2 Å². The number of fused-ring (bicyclic) bond motifs is 1. The molecule has 0 unspecified atom stereocenters. The van der Waals surface area contributed by atoms with E-state index in [1.807, 2.05) is 18.2 Å². The van der Waals surface area contributed by atoms with E-state index in [2.05, 4.69) is 41.7 Å². The van der Waals surface area contributed by atoms with Gasteiger partial charge in [0, 0.05) is 10.8 Å². The first kappa shape index (κ1) is 13.9. The van der Waals surface area contributed by atoms with Crippen LogP contribution in [0.1, 0.15) is 32.0 Å². The average molecular weight is 303 g/mol. The van der Waals surface area contributed by atoms with Gasteiger partial charge in [0.15, 0.2) is 11.5 Å². The van der Waals surface area contributed by atoms with Gasteiger partial charge in [-0.25, -0.2) is 4.98 Å². The van der Waals surface area contributed by atoms with Crippen LogP contribution in [0.15, 0.2) is 28.7 Å². The Bertz CT molecular complexity index is 674. The maximum Gasteiger partial charge on any atom is 0.231 e. The summed E-state index contributed by atoms with van der Waals surface area (Å²) in [6.45, 7) is 6.70. The molecule has 110 valence electrons. The number of hydrogen-bond donors (Lipinski definition) is 1. The number of thiazole rings is 1. The number of benzene rings is 1. The van der Waals surface area contributed by atoms with E-state index in [9.17, 15) is 0 Å². The van der Waals surface area contributed by atoms with Crippen molar-refractivity contribution >= 4 is 22.7 Å². The first-order valence-electron chi connectivity index (χ1n) is 6.67. The molecule has 5 nitrogen and oxygen atoms in total. The smallest absolute Gasteiger partial charge is 0.231 e. The molecule has 2 aromatic rings. The summed E-state index contributed by atoms with van der Waals surface area (Å²) in [5, 5.41) is 7.05. The van der Waals surface area contributed by atoms with Crippen molar-refractivity contribution in [3.05, 3.63) is 34.8 Å². The molecule has 1 N–H and O–H groups in total. The fourth-order valence-electron chi connectivity index (χ4n) is 1.83. The summed E-state index contributed by atoms with van der Waals surface area (Å²) in [6, 6.07) is 5.71. The fraction of sp³-hybridized carbons (Fsp3) is 0.333. The molecule has 0 atom stereocenters. The Kier molecular flexibility index (Phi) is 3.55. The number of aromatic nitrogens is 1. The molecule has 1 aliphatic rings. The van der Waals surface area contributed by atoms with E-state index < -0.39 is 0 Å². The van der Waals surface area contributed by atoms with Crippen LogP contribution in [0.3, 0.4) is 0 Å². The number of hydrogen-bond acceptors (Lipinski definition) is 6. The molecule has 0 aliphatic carbocycles. The number of rotatable bonds is 3. The molecule has 21 heavy (non-hydrogen) atoms. The molecule has 1 aromatic heterocycles. The van der Waals surface area contributed by atoms with Gasteiger partial charge < -0.3 is 9.47 Å². The highest BCUT2D eigenvalue weighted by molar-refractivity contribution is 7.13. The van der Waals surface area contributed by atoms with Crippen molar-refractivity contribution < 1.29 is 9.47 Å². The first-order chi connectivity index (χ1) is 10.0. The molecule has 0 fully saturated rings. The minimum absolute atomic E-state index is 0.0530. The van der Waals surface area contributed by atoms with Crippen molar-refractivity contribution in [3.63, 3.8) is 0 Å². The second kappa shape index (κ2) is 5.37. The predicted octanol–water partition coefficient (Wildman–Crippen LogP) is 3.62. The van der Waals surface area contributed by atoms with Gasteiger partial charge in [-0.3, -0.25) is 5.43 Å². The van der Waals surface area contributed by atoms with Gasteiger partial charge in [0.2, 0.25) is 11.9 Å². The van der Waals surface area contributed by atoms with E-state index >= 15 is 0 Å². The Hall–Kier alpha value is -2.08. The lowest BCUT2D eigenvalue weighted by Crippen LogP contribution is -2.11. The highest BCUT2D eigenvalue weighted by Crippen LogP contribution is 2.32. The Morgan fingerprint density at radius 3 is 2.86 bits per heavy atom. The van der Waals surface area contributed by atoms with Gasteiger partial charge in [0.25, 0.3) is 0 Å². The largest absolute Gasteiger partial charge is 0.454 e. The normalized spacial score (nSPS) is 13.9. The zero-order valence-electron chi connectivity index (χ0n) is 12.2. The second-order valence-corrected chi connectivity index (χ2v) is 6.63. The van der Waals surface area contributed by atoms with Crippen LogP contribution in [0, 0.1) is 0 Å². The fourth-order valence-corrected chi connectivity index (χ4v) is 2.71. The van der Waals surface area contributed by atoms with Gasteiger partial charge in [-0.15, -0.1) is 11.3 Å². The molecule has 0 spiro atoms. The van der Waals surface area contributed by atoms with Crippen LogP contribution in [0.2, 0.25) is 0 Å². The predicted molar refractivity (Wildman–Crippen MR) is 84.6 cm³/mol. The number of anilines is 1. The summed E-state index contributed by atoms with van der Waals surface area (Å²) in [5.74, 6) is 1.53. The van der Waals surface area contributed by atoms with E-state index in [0.717, 1.165) is 27.9 Å². The summed E-state index contributed by atoms with van der Waals surface area (Å²) in [7, 11) is 0. The molecular formula is C15H17N3O2S. The maximum absolute atomic E-state index is 5.33. The van der Waals surface area contributed by atoms with Gasteiger partial charge in [0.05, 0.1) is 11.9 Å². The standard InChI is InChI=1S/C15H17N3O2S/c1-15(2,3)13-8-21-14(17-13)18-16-7-10-4-5-11-12(6-10)20-9-19-11/h4-8H,9H2,1-3H3,(H,17,18)/b16-7+. The number of nitrogens with zero attached hydrogens (tertiary/aromatic N) is 2. The Labute approximate surface area is 127 Å². The monoisotopic (exact) mass is 303 g/mol. The lowest BCUT2D eigenvalue weighted by Gasteiger charge is -2.13. The molecule has 0 saturated carbocycles. The number of nitrogens with one attached hydrogen (secondary N) is 1. The minimum Gasteiger partial charge on any atom is -0.454 e. The molecule has 1 aromatic carbocycles. The first-order valence-corrected chi connectivity index (χ1v) is 7.55. The maximum atomic E-state index is 5.33. The molecule has 3 rings (SSSR count). The third-order valence-corrected chi connectivity index (χ3v) is 3.79. The highest BCUT2D eigenvalue weighted by Gasteiger charge is 2.17. The topological polar surface area (TPSA) is 55.7 Å². The number of hydrazone groups is 1. The summed E-state index contributed by atoms with van der Waals surface area (Å²) < 4.78 is 10.6. The summed E-state index contributed by atoms with van der Waals surface area (Å²) in [5.41, 5.74) is 5.02. The van der Waals surface area contributed by atoms with Crippen LogP contribution in [0.25, 0.3) is 0 Å². The third kappa shape index (κ3) is 3.16. The van der Waals surface area contributed by atoms with Crippen LogP contribution in [-0.4, -0.2) is 18.0 Å². The Morgan fingerprint density at radius 1 is 1.29 bits per heavy atom. The van der Waals surface area contributed by atoms with Crippen molar-refractivity contribution in [2.24, 2.45) is 5.10 Å². The highest BCUT2D eigenvalue weighted by atomic mass is 32.1. The van der Waals surface area contributed by atoms with Gasteiger partial charge in [-0.1, -0.05) is 20.8 Å². The summed E-state index contributed by atoms with van der Waals surface area (Å²) >= 11 is 1.55.